The van der Waals surface area contributed by atoms with E-state index in [1.807, 2.05) is 5.32 Å². The molecule has 0 aliphatic carbocycles. The highest BCUT2D eigenvalue weighted by atomic mass is 16.2. The molecule has 1 aliphatic heterocycles. The van der Waals surface area contributed by atoms with Gasteiger partial charge < -0.3 is 16.0 Å². The minimum atomic E-state index is -0.859. The Morgan fingerprint density at radius 1 is 1.56 bits per heavy atom. The zero-order chi connectivity index (χ0) is 12.1. The first-order valence-corrected chi connectivity index (χ1v) is 5.05. The van der Waals surface area contributed by atoms with Crippen LogP contribution in [0.5, 0.6) is 0 Å². The van der Waals surface area contributed by atoms with E-state index in [1.54, 1.807) is 11.9 Å². The molecular formula is C9H16N4O3. The number of hydrogen-bond acceptors (Lipinski definition) is 4. The number of amides is 4. The van der Waals surface area contributed by atoms with Crippen LogP contribution in [0.2, 0.25) is 0 Å². The second kappa shape index (κ2) is 5.45. The molecule has 0 radical (unpaired) electrons. The number of hydrogen-bond donors (Lipinski definition) is 3. The third-order valence-electron chi connectivity index (χ3n) is 2.44. The van der Waals surface area contributed by atoms with Crippen LogP contribution in [0.25, 0.3) is 0 Å². The van der Waals surface area contributed by atoms with E-state index in [4.69, 9.17) is 5.73 Å². The Morgan fingerprint density at radius 3 is 2.81 bits per heavy atom. The summed E-state index contributed by atoms with van der Waals surface area (Å²) in [5.41, 5.74) is 4.79. The Hall–Kier alpha value is -1.63. The van der Waals surface area contributed by atoms with Gasteiger partial charge in [-0.1, -0.05) is 0 Å². The number of urea groups is 1. The van der Waals surface area contributed by atoms with E-state index in [1.165, 1.54) is 0 Å². The molecule has 16 heavy (non-hydrogen) atoms. The summed E-state index contributed by atoms with van der Waals surface area (Å²) in [5, 5.41) is 4.92. The van der Waals surface area contributed by atoms with E-state index >= 15 is 0 Å². The van der Waals surface area contributed by atoms with Gasteiger partial charge in [-0.25, -0.2) is 4.79 Å². The second-order valence-corrected chi connectivity index (χ2v) is 3.80. The van der Waals surface area contributed by atoms with Crippen LogP contribution >= 0.6 is 0 Å². The van der Waals surface area contributed by atoms with Crippen molar-refractivity contribution in [2.75, 3.05) is 20.1 Å². The molecule has 0 saturated carbocycles. The molecule has 1 atom stereocenters. The molecule has 7 heteroatoms. The van der Waals surface area contributed by atoms with Crippen LogP contribution in [-0.4, -0.2) is 48.9 Å². The van der Waals surface area contributed by atoms with E-state index in [2.05, 4.69) is 5.32 Å². The van der Waals surface area contributed by atoms with E-state index in [0.717, 1.165) is 0 Å². The average Bonchev–Trinajstić information content (AvgIpc) is 2.19. The number of carbonyl (C=O) groups excluding carboxylic acids is 3. The van der Waals surface area contributed by atoms with Gasteiger partial charge in [0.1, 0.15) is 0 Å². The van der Waals surface area contributed by atoms with Gasteiger partial charge in [0.05, 0.1) is 6.54 Å². The van der Waals surface area contributed by atoms with Crippen LogP contribution in [0.4, 0.5) is 4.79 Å². The lowest BCUT2D eigenvalue weighted by Gasteiger charge is -2.30. The van der Waals surface area contributed by atoms with Crippen LogP contribution < -0.4 is 16.4 Å². The van der Waals surface area contributed by atoms with Gasteiger partial charge in [-0.05, 0) is 6.42 Å². The smallest absolute Gasteiger partial charge is 0.318 e. The van der Waals surface area contributed by atoms with Gasteiger partial charge in [0.25, 0.3) is 0 Å². The van der Waals surface area contributed by atoms with Crippen molar-refractivity contribution in [1.29, 1.82) is 0 Å². The molecule has 90 valence electrons. The average molecular weight is 228 g/mol. The predicted molar refractivity (Wildman–Crippen MR) is 56.4 cm³/mol. The zero-order valence-corrected chi connectivity index (χ0v) is 9.16. The lowest BCUT2D eigenvalue weighted by atomic mass is 10.1. The van der Waals surface area contributed by atoms with Gasteiger partial charge >= 0.3 is 6.03 Å². The molecule has 0 aromatic rings. The number of carbonyl (C=O) groups is 3. The number of nitrogens with zero attached hydrogens (tertiary/aromatic N) is 1. The summed E-state index contributed by atoms with van der Waals surface area (Å²) in [7, 11) is 1.72. The van der Waals surface area contributed by atoms with E-state index in [-0.39, 0.29) is 18.5 Å². The SMILES string of the molecule is CN1CC(NCC(=O)NC(N)=O)CCC1=O. The minimum absolute atomic E-state index is 0.0234. The Morgan fingerprint density at radius 2 is 2.25 bits per heavy atom. The van der Waals surface area contributed by atoms with E-state index in [9.17, 15) is 14.4 Å². The van der Waals surface area contributed by atoms with Crippen molar-refractivity contribution in [1.82, 2.24) is 15.5 Å². The Bertz CT molecular complexity index is 305. The highest BCUT2D eigenvalue weighted by molar-refractivity contribution is 5.94. The Labute approximate surface area is 93.3 Å². The summed E-state index contributed by atoms with van der Waals surface area (Å²) < 4.78 is 0. The number of rotatable bonds is 3. The molecule has 1 heterocycles. The monoisotopic (exact) mass is 228 g/mol. The third kappa shape index (κ3) is 3.85. The largest absolute Gasteiger partial charge is 0.351 e. The fraction of sp³-hybridized carbons (Fsp3) is 0.667. The molecular weight excluding hydrogens is 212 g/mol. The van der Waals surface area contributed by atoms with Crippen molar-refractivity contribution in [3.05, 3.63) is 0 Å². The first-order valence-electron chi connectivity index (χ1n) is 5.05. The van der Waals surface area contributed by atoms with Crippen molar-refractivity contribution in [3.63, 3.8) is 0 Å². The maximum absolute atomic E-state index is 11.2. The van der Waals surface area contributed by atoms with Gasteiger partial charge in [0.15, 0.2) is 0 Å². The molecule has 1 saturated heterocycles. The van der Waals surface area contributed by atoms with Crippen molar-refractivity contribution in [2.45, 2.75) is 18.9 Å². The number of nitrogens with one attached hydrogen (secondary N) is 2. The van der Waals surface area contributed by atoms with Crippen molar-refractivity contribution < 1.29 is 14.4 Å². The van der Waals surface area contributed by atoms with Crippen LogP contribution in [0.15, 0.2) is 0 Å². The second-order valence-electron chi connectivity index (χ2n) is 3.80. The van der Waals surface area contributed by atoms with Gasteiger partial charge in [-0.3, -0.25) is 14.9 Å². The first kappa shape index (κ1) is 12.4. The number of likely N-dealkylation sites (N-methyl/N-ethyl adjacent to an activating group) is 1. The Balaban J connectivity index is 2.25. The third-order valence-corrected chi connectivity index (χ3v) is 2.44. The first-order chi connectivity index (χ1) is 7.49. The highest BCUT2D eigenvalue weighted by Gasteiger charge is 2.22. The molecule has 0 spiro atoms. The molecule has 4 amide bonds. The molecule has 1 rings (SSSR count). The molecule has 1 fully saturated rings. The molecule has 1 aliphatic rings. The molecule has 1 unspecified atom stereocenters. The molecule has 4 N–H and O–H groups in total. The lowest BCUT2D eigenvalue weighted by Crippen LogP contribution is -2.50. The summed E-state index contributed by atoms with van der Waals surface area (Å²) in [6.07, 6.45) is 1.18. The van der Waals surface area contributed by atoms with E-state index in [0.29, 0.717) is 19.4 Å². The van der Waals surface area contributed by atoms with E-state index < -0.39 is 11.9 Å². The maximum Gasteiger partial charge on any atom is 0.318 e. The summed E-state index contributed by atoms with van der Waals surface area (Å²) in [6, 6.07) is -0.774. The van der Waals surface area contributed by atoms with Crippen molar-refractivity contribution in [3.8, 4) is 0 Å². The number of piperidine rings is 1. The molecule has 0 bridgehead atoms. The molecule has 7 nitrogen and oxygen atoms in total. The molecule has 0 aromatic heterocycles. The number of primary amides is 1. The molecule has 0 aromatic carbocycles. The lowest BCUT2D eigenvalue weighted by molar-refractivity contribution is -0.132. The van der Waals surface area contributed by atoms with Crippen molar-refractivity contribution in [2.24, 2.45) is 5.73 Å². The van der Waals surface area contributed by atoms with Gasteiger partial charge in [0.2, 0.25) is 11.8 Å². The van der Waals surface area contributed by atoms with Gasteiger partial charge in [-0.2, -0.15) is 0 Å². The summed E-state index contributed by atoms with van der Waals surface area (Å²) in [6.45, 7) is 0.596. The van der Waals surface area contributed by atoms with Crippen LogP contribution in [0, 0.1) is 0 Å². The predicted octanol–water partition coefficient (Wildman–Crippen LogP) is -1.61. The quantitative estimate of drug-likeness (QED) is 0.540. The van der Waals surface area contributed by atoms with Gasteiger partial charge in [-0.15, -0.1) is 0 Å². The standard InChI is InChI=1S/C9H16N4O3/c1-13-5-6(2-3-8(13)15)11-4-7(14)12-9(10)16/h6,11H,2-5H2,1H3,(H3,10,12,14,16). The fourth-order valence-electron chi connectivity index (χ4n) is 1.60. The number of likely N-dealkylation sites (tertiary alicyclic amines) is 1. The van der Waals surface area contributed by atoms with Gasteiger partial charge in [0, 0.05) is 26.1 Å². The fourth-order valence-corrected chi connectivity index (χ4v) is 1.60. The summed E-state index contributed by atoms with van der Waals surface area (Å²) in [5.74, 6) is -0.355. The highest BCUT2D eigenvalue weighted by Crippen LogP contribution is 2.08. The Kier molecular flexibility index (Phi) is 4.24. The summed E-state index contributed by atoms with van der Waals surface area (Å²) >= 11 is 0. The van der Waals surface area contributed by atoms with Crippen LogP contribution in [0.3, 0.4) is 0 Å². The topological polar surface area (TPSA) is 105 Å². The zero-order valence-electron chi connectivity index (χ0n) is 9.16. The minimum Gasteiger partial charge on any atom is -0.351 e. The van der Waals surface area contributed by atoms with Crippen LogP contribution in [-0.2, 0) is 9.59 Å². The maximum atomic E-state index is 11.2. The number of imide groups is 1. The van der Waals surface area contributed by atoms with Crippen LogP contribution in [0.1, 0.15) is 12.8 Å². The van der Waals surface area contributed by atoms with Crippen molar-refractivity contribution >= 4 is 17.8 Å². The summed E-state index contributed by atoms with van der Waals surface area (Å²) in [4.78, 5) is 34.3. The number of nitrogens with two attached hydrogens (primary N) is 1. The normalized spacial score (nSPS) is 20.7.